The fraction of sp³-hybridized carbons (Fsp3) is 0. The third-order valence-corrected chi connectivity index (χ3v) is 4.21. The SMILES string of the molecule is O=c1cc[nH]c2nc(-c3ccco3)c(-c3ccc4ncccc4c3)nc12. The molecule has 0 spiro atoms. The molecule has 0 atom stereocenters. The molecular formula is C20H12N4O2. The number of nitrogens with one attached hydrogen (secondary N) is 1. The molecule has 0 amide bonds. The van der Waals surface area contributed by atoms with Crippen molar-refractivity contribution in [3.05, 3.63) is 77.4 Å². The van der Waals surface area contributed by atoms with E-state index in [1.165, 1.54) is 6.07 Å². The Morgan fingerprint density at radius 1 is 0.962 bits per heavy atom. The number of rotatable bonds is 2. The predicted molar refractivity (Wildman–Crippen MR) is 98.6 cm³/mol. The quantitative estimate of drug-likeness (QED) is 0.528. The largest absolute Gasteiger partial charge is 0.463 e. The Hall–Kier alpha value is -3.80. The minimum Gasteiger partial charge on any atom is -0.463 e. The summed E-state index contributed by atoms with van der Waals surface area (Å²) in [4.78, 5) is 28.8. The van der Waals surface area contributed by atoms with Crippen molar-refractivity contribution in [2.24, 2.45) is 0 Å². The van der Waals surface area contributed by atoms with Crippen LogP contribution >= 0.6 is 0 Å². The molecule has 0 bridgehead atoms. The molecule has 0 fully saturated rings. The van der Waals surface area contributed by atoms with Crippen LogP contribution in [-0.2, 0) is 0 Å². The van der Waals surface area contributed by atoms with Crippen LogP contribution in [-0.4, -0.2) is 19.9 Å². The highest BCUT2D eigenvalue weighted by Gasteiger charge is 2.17. The van der Waals surface area contributed by atoms with E-state index in [2.05, 4.69) is 19.9 Å². The third-order valence-electron chi connectivity index (χ3n) is 4.21. The summed E-state index contributed by atoms with van der Waals surface area (Å²) in [6.07, 6.45) is 4.90. The normalized spacial score (nSPS) is 11.2. The zero-order chi connectivity index (χ0) is 17.5. The van der Waals surface area contributed by atoms with Gasteiger partial charge in [0.05, 0.1) is 11.8 Å². The molecular weight excluding hydrogens is 328 g/mol. The van der Waals surface area contributed by atoms with Crippen molar-refractivity contribution in [3.8, 4) is 22.7 Å². The zero-order valence-corrected chi connectivity index (χ0v) is 13.5. The maximum absolute atomic E-state index is 12.2. The molecule has 26 heavy (non-hydrogen) atoms. The molecule has 6 heteroatoms. The molecule has 124 valence electrons. The van der Waals surface area contributed by atoms with Crippen LogP contribution < -0.4 is 5.43 Å². The second-order valence-corrected chi connectivity index (χ2v) is 5.85. The van der Waals surface area contributed by atoms with Gasteiger partial charge in [-0.1, -0.05) is 12.1 Å². The third kappa shape index (κ3) is 2.28. The Bertz CT molecular complexity index is 1310. The standard InChI is InChI=1S/C20H12N4O2/c25-15-7-9-22-20-18(15)23-17(19(24-20)16-4-2-10-26-16)13-5-6-14-12(11-13)3-1-8-21-14/h1-11H,(H,22,24,25). The highest BCUT2D eigenvalue weighted by molar-refractivity contribution is 5.88. The number of nitrogens with zero attached hydrogens (tertiary/aromatic N) is 3. The summed E-state index contributed by atoms with van der Waals surface area (Å²) in [5.74, 6) is 0.588. The first kappa shape index (κ1) is 14.5. The lowest BCUT2D eigenvalue weighted by Gasteiger charge is -2.09. The van der Waals surface area contributed by atoms with Gasteiger partial charge in [-0.15, -0.1) is 0 Å². The van der Waals surface area contributed by atoms with E-state index in [4.69, 9.17) is 4.42 Å². The number of pyridine rings is 2. The number of aromatic amines is 1. The van der Waals surface area contributed by atoms with Gasteiger partial charge in [0.1, 0.15) is 11.4 Å². The van der Waals surface area contributed by atoms with Gasteiger partial charge in [0.25, 0.3) is 0 Å². The Kier molecular flexibility index (Phi) is 3.15. The first-order valence-electron chi connectivity index (χ1n) is 8.08. The highest BCUT2D eigenvalue weighted by atomic mass is 16.3. The van der Waals surface area contributed by atoms with Gasteiger partial charge in [-0.3, -0.25) is 9.78 Å². The summed E-state index contributed by atoms with van der Waals surface area (Å²) in [6, 6.07) is 14.8. The molecule has 5 aromatic rings. The Morgan fingerprint density at radius 2 is 1.92 bits per heavy atom. The average molecular weight is 340 g/mol. The molecule has 4 heterocycles. The van der Waals surface area contributed by atoms with Crippen LogP contribution in [0.1, 0.15) is 0 Å². The van der Waals surface area contributed by atoms with Crippen LogP contribution in [0.4, 0.5) is 0 Å². The molecule has 0 aliphatic heterocycles. The fourth-order valence-electron chi connectivity index (χ4n) is 2.99. The van der Waals surface area contributed by atoms with Crippen LogP contribution in [0.25, 0.3) is 44.8 Å². The van der Waals surface area contributed by atoms with E-state index < -0.39 is 0 Å². The van der Waals surface area contributed by atoms with Crippen molar-refractivity contribution in [1.82, 2.24) is 19.9 Å². The van der Waals surface area contributed by atoms with Gasteiger partial charge in [0.15, 0.2) is 16.9 Å². The van der Waals surface area contributed by atoms with Crippen molar-refractivity contribution < 1.29 is 4.42 Å². The molecule has 0 saturated heterocycles. The van der Waals surface area contributed by atoms with Gasteiger partial charge in [-0.05, 0) is 30.3 Å². The first-order chi connectivity index (χ1) is 12.8. The molecule has 0 radical (unpaired) electrons. The molecule has 1 aromatic carbocycles. The lowest BCUT2D eigenvalue weighted by Crippen LogP contribution is -2.06. The molecule has 4 aromatic heterocycles. The second-order valence-electron chi connectivity index (χ2n) is 5.85. The van der Waals surface area contributed by atoms with Crippen molar-refractivity contribution >= 4 is 22.1 Å². The number of aromatic nitrogens is 4. The highest BCUT2D eigenvalue weighted by Crippen LogP contribution is 2.31. The van der Waals surface area contributed by atoms with Gasteiger partial charge >= 0.3 is 0 Å². The average Bonchev–Trinajstić information content (AvgIpc) is 3.22. The number of benzene rings is 1. The summed E-state index contributed by atoms with van der Waals surface area (Å²) in [5.41, 5.74) is 3.44. The predicted octanol–water partition coefficient (Wildman–Crippen LogP) is 3.79. The molecule has 6 nitrogen and oxygen atoms in total. The summed E-state index contributed by atoms with van der Waals surface area (Å²) in [7, 11) is 0. The van der Waals surface area contributed by atoms with E-state index in [1.54, 1.807) is 24.7 Å². The van der Waals surface area contributed by atoms with Gasteiger partial charge in [-0.2, -0.15) is 0 Å². The topological polar surface area (TPSA) is 84.7 Å². The maximum atomic E-state index is 12.2. The van der Waals surface area contributed by atoms with Crippen LogP contribution in [0, 0.1) is 0 Å². The van der Waals surface area contributed by atoms with Crippen molar-refractivity contribution in [3.63, 3.8) is 0 Å². The van der Waals surface area contributed by atoms with Crippen LogP contribution in [0.3, 0.4) is 0 Å². The summed E-state index contributed by atoms with van der Waals surface area (Å²) in [6.45, 7) is 0. The van der Waals surface area contributed by atoms with Crippen molar-refractivity contribution in [1.29, 1.82) is 0 Å². The second kappa shape index (κ2) is 5.63. The van der Waals surface area contributed by atoms with E-state index in [0.29, 0.717) is 28.3 Å². The van der Waals surface area contributed by atoms with Crippen LogP contribution in [0.2, 0.25) is 0 Å². The number of fused-ring (bicyclic) bond motifs is 2. The molecule has 0 aliphatic rings. The van der Waals surface area contributed by atoms with Gasteiger partial charge in [-0.25, -0.2) is 9.97 Å². The van der Waals surface area contributed by atoms with Crippen LogP contribution in [0.5, 0.6) is 0 Å². The van der Waals surface area contributed by atoms with Crippen LogP contribution in [0.15, 0.2) is 76.4 Å². The monoisotopic (exact) mass is 340 g/mol. The van der Waals surface area contributed by atoms with Crippen molar-refractivity contribution in [2.45, 2.75) is 0 Å². The summed E-state index contributed by atoms with van der Waals surface area (Å²) < 4.78 is 5.54. The van der Waals surface area contributed by atoms with E-state index >= 15 is 0 Å². The number of hydrogen-bond acceptors (Lipinski definition) is 5. The number of hydrogen-bond donors (Lipinski definition) is 1. The van der Waals surface area contributed by atoms with Gasteiger partial charge in [0, 0.05) is 29.4 Å². The molecule has 0 saturated carbocycles. The lowest BCUT2D eigenvalue weighted by molar-refractivity contribution is 0.580. The minimum absolute atomic E-state index is 0.180. The molecule has 0 aliphatic carbocycles. The van der Waals surface area contributed by atoms with Gasteiger partial charge in [0.2, 0.25) is 5.43 Å². The lowest BCUT2D eigenvalue weighted by atomic mass is 10.1. The smallest absolute Gasteiger partial charge is 0.209 e. The molecule has 0 unspecified atom stereocenters. The van der Waals surface area contributed by atoms with E-state index in [1.807, 2.05) is 36.4 Å². The Balaban J connectivity index is 1.85. The minimum atomic E-state index is -0.180. The van der Waals surface area contributed by atoms with E-state index in [0.717, 1.165) is 16.5 Å². The van der Waals surface area contributed by atoms with E-state index in [9.17, 15) is 4.79 Å². The molecule has 5 rings (SSSR count). The van der Waals surface area contributed by atoms with Crippen molar-refractivity contribution in [2.75, 3.05) is 0 Å². The number of H-pyrrole nitrogens is 1. The zero-order valence-electron chi connectivity index (χ0n) is 13.5. The summed E-state index contributed by atoms with van der Waals surface area (Å²) in [5, 5.41) is 0.985. The Labute approximate surface area is 147 Å². The maximum Gasteiger partial charge on any atom is 0.209 e. The fourth-order valence-corrected chi connectivity index (χ4v) is 2.99. The summed E-state index contributed by atoms with van der Waals surface area (Å²) >= 11 is 0. The number of furan rings is 1. The van der Waals surface area contributed by atoms with Gasteiger partial charge < -0.3 is 9.40 Å². The van der Waals surface area contributed by atoms with E-state index in [-0.39, 0.29) is 5.43 Å². The Morgan fingerprint density at radius 3 is 2.81 bits per heavy atom. The molecule has 1 N–H and O–H groups in total. The first-order valence-corrected chi connectivity index (χ1v) is 8.08.